The highest BCUT2D eigenvalue weighted by molar-refractivity contribution is 7.07. The number of hydrogen-bond acceptors (Lipinski definition) is 8. The van der Waals surface area contributed by atoms with Gasteiger partial charge in [0.15, 0.2) is 5.57 Å². The van der Waals surface area contributed by atoms with Gasteiger partial charge in [0.1, 0.15) is 33.4 Å². The Kier molecular flexibility index (Phi) is 9.45. The van der Waals surface area contributed by atoms with Gasteiger partial charge in [-0.25, -0.2) is 4.98 Å². The molecule has 3 rings (SSSR count). The number of carbonyl (C=O) groups excluding carboxylic acids is 2. The van der Waals surface area contributed by atoms with Gasteiger partial charge in [-0.05, 0) is 31.2 Å². The molecule has 0 unspecified atom stereocenters. The quantitative estimate of drug-likeness (QED) is 0.363. The first-order valence-corrected chi connectivity index (χ1v) is 12.3. The third-order valence-corrected chi connectivity index (χ3v) is 6.30. The van der Waals surface area contributed by atoms with Gasteiger partial charge < -0.3 is 20.9 Å². The largest absolute Gasteiger partial charge is 0.405 e. The van der Waals surface area contributed by atoms with Crippen LogP contribution in [0.1, 0.15) is 6.92 Å². The molecule has 2 heterocycles. The van der Waals surface area contributed by atoms with Crippen LogP contribution in [0.2, 0.25) is 0 Å². The van der Waals surface area contributed by atoms with E-state index in [0.717, 1.165) is 21.6 Å². The number of alkyl halides is 3. The Balaban J connectivity index is 1.80. The Morgan fingerprint density at radius 2 is 1.85 bits per heavy atom. The Morgan fingerprint density at radius 3 is 2.49 bits per heavy atom. The summed E-state index contributed by atoms with van der Waals surface area (Å²) in [4.78, 5) is 43.6. The maximum absolute atomic E-state index is 12.8. The highest BCUT2D eigenvalue weighted by atomic mass is 32.1. The molecule has 10 nitrogen and oxygen atoms in total. The van der Waals surface area contributed by atoms with E-state index in [1.54, 1.807) is 48.5 Å². The molecular formula is C25H24F3N7O3S. The summed E-state index contributed by atoms with van der Waals surface area (Å²) in [6, 6.07) is 15.8. The molecule has 3 aromatic rings. The molecule has 0 bridgehead atoms. The number of nitrogens with one attached hydrogen (secondary N) is 3. The fourth-order valence-electron chi connectivity index (χ4n) is 3.35. The molecule has 0 radical (unpaired) electrons. The van der Waals surface area contributed by atoms with E-state index in [-0.39, 0.29) is 39.8 Å². The van der Waals surface area contributed by atoms with Crippen LogP contribution in [-0.4, -0.2) is 47.7 Å². The lowest BCUT2D eigenvalue weighted by atomic mass is 10.3. The second kappa shape index (κ2) is 12.7. The third kappa shape index (κ3) is 7.92. The lowest BCUT2D eigenvalue weighted by molar-refractivity contribution is -0.135. The molecule has 2 aromatic heterocycles. The number of para-hydroxylation sites is 1. The molecule has 0 saturated carbocycles. The number of aromatic nitrogens is 2. The third-order valence-electron chi connectivity index (χ3n) is 5.17. The second-order valence-corrected chi connectivity index (χ2v) is 9.07. The van der Waals surface area contributed by atoms with Crippen LogP contribution in [0.4, 0.5) is 30.5 Å². The fraction of sp³-hybridized carbons (Fsp3) is 0.240. The lowest BCUT2D eigenvalue weighted by Crippen LogP contribution is -2.37. The van der Waals surface area contributed by atoms with E-state index in [1.165, 1.54) is 6.20 Å². The van der Waals surface area contributed by atoms with Crippen LogP contribution in [0.5, 0.6) is 0 Å². The number of nitrogens with zero attached hydrogens (tertiary/aromatic N) is 4. The molecule has 2 amide bonds. The molecule has 0 atom stereocenters. The first kappa shape index (κ1) is 28.9. The maximum atomic E-state index is 12.8. The molecule has 1 aromatic carbocycles. The van der Waals surface area contributed by atoms with Gasteiger partial charge in [0, 0.05) is 25.5 Å². The van der Waals surface area contributed by atoms with Crippen molar-refractivity contribution in [1.29, 1.82) is 5.26 Å². The summed E-state index contributed by atoms with van der Waals surface area (Å²) in [6.45, 7) is 0.145. The van der Waals surface area contributed by atoms with E-state index in [4.69, 9.17) is 0 Å². The smallest absolute Gasteiger partial charge is 0.365 e. The molecular weight excluding hydrogens is 535 g/mol. The van der Waals surface area contributed by atoms with Gasteiger partial charge in [-0.3, -0.25) is 19.0 Å². The van der Waals surface area contributed by atoms with Gasteiger partial charge in [-0.2, -0.15) is 18.4 Å². The number of thiazole rings is 1. The van der Waals surface area contributed by atoms with Crippen LogP contribution in [-0.2, 0) is 16.1 Å². The van der Waals surface area contributed by atoms with E-state index >= 15 is 0 Å². The van der Waals surface area contributed by atoms with Crippen LogP contribution < -0.4 is 35.6 Å². The number of anilines is 3. The number of rotatable bonds is 9. The van der Waals surface area contributed by atoms with E-state index in [2.05, 4.69) is 15.6 Å². The number of carbonyl (C=O) groups is 2. The minimum Gasteiger partial charge on any atom is -0.365 e. The summed E-state index contributed by atoms with van der Waals surface area (Å²) in [5.41, 5.74) is -0.283. The topological polar surface area (TPSA) is 132 Å². The van der Waals surface area contributed by atoms with Crippen molar-refractivity contribution in [3.8, 4) is 6.07 Å². The summed E-state index contributed by atoms with van der Waals surface area (Å²) < 4.78 is 38.6. The van der Waals surface area contributed by atoms with Gasteiger partial charge >= 0.3 is 6.18 Å². The predicted octanol–water partition coefficient (Wildman–Crippen LogP) is 1.60. The van der Waals surface area contributed by atoms with Crippen LogP contribution in [0.15, 0.2) is 53.3 Å². The standard InChI is InChI=1S/C25H24F3N7O3S/c1-3-35-23(38)18(39-24(35)17(12-29)22(37)31-15-25(26,27)28)13-30-19-10-7-11-20(32-19)33-21(36)14-34(2)16-8-5-4-6-9-16/h4-11,13H,3,14-15H2,1-2H3,(H,31,37)(H2,30,32,33,36)/b18-13+,24-17-. The number of amides is 2. The van der Waals surface area contributed by atoms with Crippen molar-refractivity contribution in [2.75, 3.05) is 35.7 Å². The molecule has 0 saturated heterocycles. The van der Waals surface area contributed by atoms with E-state index in [0.29, 0.717) is 0 Å². The molecule has 0 aliphatic rings. The van der Waals surface area contributed by atoms with Gasteiger partial charge in [-0.1, -0.05) is 24.3 Å². The van der Waals surface area contributed by atoms with Gasteiger partial charge in [0.05, 0.1) is 6.54 Å². The molecule has 14 heteroatoms. The number of nitriles is 1. The van der Waals surface area contributed by atoms with E-state index in [1.807, 2.05) is 30.3 Å². The summed E-state index contributed by atoms with van der Waals surface area (Å²) >= 11 is 0.772. The summed E-state index contributed by atoms with van der Waals surface area (Å²) in [6.07, 6.45) is -3.35. The van der Waals surface area contributed by atoms with Crippen LogP contribution >= 0.6 is 11.3 Å². The van der Waals surface area contributed by atoms with Crippen molar-refractivity contribution < 1.29 is 22.8 Å². The highest BCUT2D eigenvalue weighted by Gasteiger charge is 2.28. The molecule has 0 fully saturated rings. The first-order chi connectivity index (χ1) is 18.5. The zero-order valence-electron chi connectivity index (χ0n) is 20.9. The van der Waals surface area contributed by atoms with Gasteiger partial charge in [0.2, 0.25) is 5.91 Å². The van der Waals surface area contributed by atoms with E-state index < -0.39 is 29.8 Å². The zero-order chi connectivity index (χ0) is 28.6. The van der Waals surface area contributed by atoms with Gasteiger partial charge in [-0.15, -0.1) is 11.3 Å². The lowest BCUT2D eigenvalue weighted by Gasteiger charge is -2.18. The number of benzene rings is 1. The highest BCUT2D eigenvalue weighted by Crippen LogP contribution is 2.13. The maximum Gasteiger partial charge on any atom is 0.405 e. The summed E-state index contributed by atoms with van der Waals surface area (Å²) in [7, 11) is 1.78. The van der Waals surface area contributed by atoms with Crippen LogP contribution in [0.25, 0.3) is 11.8 Å². The van der Waals surface area contributed by atoms with Crippen molar-refractivity contribution in [1.82, 2.24) is 14.9 Å². The predicted molar refractivity (Wildman–Crippen MR) is 142 cm³/mol. The summed E-state index contributed by atoms with van der Waals surface area (Å²) in [5.74, 6) is -0.985. The Hall–Kier alpha value is -4.64. The monoisotopic (exact) mass is 559 g/mol. The number of pyridine rings is 1. The Morgan fingerprint density at radius 1 is 1.15 bits per heavy atom. The van der Waals surface area contributed by atoms with Crippen molar-refractivity contribution in [2.45, 2.75) is 19.6 Å². The van der Waals surface area contributed by atoms with Crippen molar-refractivity contribution in [2.24, 2.45) is 0 Å². The normalized spacial score (nSPS) is 12.4. The van der Waals surface area contributed by atoms with Crippen molar-refractivity contribution in [3.63, 3.8) is 0 Å². The molecule has 3 N–H and O–H groups in total. The van der Waals surface area contributed by atoms with Crippen molar-refractivity contribution in [3.05, 3.63) is 68.1 Å². The molecule has 0 aliphatic heterocycles. The minimum absolute atomic E-state index is 0.0748. The average molecular weight is 560 g/mol. The van der Waals surface area contributed by atoms with Crippen LogP contribution in [0, 0.1) is 11.3 Å². The van der Waals surface area contributed by atoms with E-state index in [9.17, 15) is 32.8 Å². The first-order valence-electron chi connectivity index (χ1n) is 11.5. The molecule has 39 heavy (non-hydrogen) atoms. The number of likely N-dealkylation sites (N-methyl/N-ethyl adjacent to an activating group) is 1. The number of halogens is 3. The Labute approximate surface area is 224 Å². The Bertz CT molecular complexity index is 1560. The zero-order valence-corrected chi connectivity index (χ0v) is 21.7. The van der Waals surface area contributed by atoms with Gasteiger partial charge in [0.25, 0.3) is 11.5 Å². The molecule has 0 aliphatic carbocycles. The summed E-state index contributed by atoms with van der Waals surface area (Å²) in [5, 5.41) is 16.6. The van der Waals surface area contributed by atoms with Crippen molar-refractivity contribution >= 4 is 52.2 Å². The van der Waals surface area contributed by atoms with Crippen LogP contribution in [0.3, 0.4) is 0 Å². The second-order valence-electron chi connectivity index (χ2n) is 8.04. The minimum atomic E-state index is -4.65. The fourth-order valence-corrected chi connectivity index (χ4v) is 4.44. The number of hydrogen-bond donors (Lipinski definition) is 3. The SMILES string of the molecule is CCn1c(=O)/c(=C\Nc2cccc(NC(=O)CN(C)c3ccccc3)n2)s/c1=C(/C#N)C(=O)NCC(F)(F)F. The molecule has 0 spiro atoms. The average Bonchev–Trinajstić information content (AvgIpc) is 3.21. The molecule has 204 valence electrons.